The van der Waals surface area contributed by atoms with E-state index >= 15 is 0 Å². The van der Waals surface area contributed by atoms with Crippen molar-refractivity contribution < 1.29 is 14.3 Å². The summed E-state index contributed by atoms with van der Waals surface area (Å²) in [7, 11) is 0. The van der Waals surface area contributed by atoms with E-state index in [1.165, 1.54) is 0 Å². The molecule has 116 valence electrons. The van der Waals surface area contributed by atoms with Gasteiger partial charge in [0.15, 0.2) is 6.61 Å². The van der Waals surface area contributed by atoms with Crippen molar-refractivity contribution in [2.24, 2.45) is 0 Å². The molecule has 0 spiro atoms. The maximum atomic E-state index is 12.3. The first kappa shape index (κ1) is 16.4. The van der Waals surface area contributed by atoms with Gasteiger partial charge in [-0.05, 0) is 39.0 Å². The van der Waals surface area contributed by atoms with Crippen LogP contribution in [0.2, 0.25) is 10.0 Å². The molecule has 0 unspecified atom stereocenters. The van der Waals surface area contributed by atoms with Crippen LogP contribution in [-0.2, 0) is 9.53 Å². The molecule has 1 fully saturated rings. The number of morpholine rings is 1. The van der Waals surface area contributed by atoms with Crippen molar-refractivity contribution in [3.05, 3.63) is 28.2 Å². The van der Waals surface area contributed by atoms with Crippen LogP contribution in [0.1, 0.15) is 20.8 Å². The minimum atomic E-state index is -0.342. The van der Waals surface area contributed by atoms with Gasteiger partial charge in [0.05, 0.1) is 16.7 Å². The molecule has 0 N–H and O–H groups in total. The van der Waals surface area contributed by atoms with E-state index in [2.05, 4.69) is 0 Å². The van der Waals surface area contributed by atoms with Crippen LogP contribution in [0, 0.1) is 0 Å². The standard InChI is InChI=1S/C15H19Cl2NO3/c1-10-7-18(9-15(2,3)21-10)14(19)8-20-13-5-4-11(16)6-12(13)17/h4-6,10H,7-9H2,1-3H3/t10-/m1/s1. The summed E-state index contributed by atoms with van der Waals surface area (Å²) < 4.78 is 11.3. The minimum Gasteiger partial charge on any atom is -0.482 e. The van der Waals surface area contributed by atoms with Gasteiger partial charge in [0, 0.05) is 18.1 Å². The van der Waals surface area contributed by atoms with E-state index in [9.17, 15) is 4.79 Å². The molecule has 1 aliphatic heterocycles. The lowest BCUT2D eigenvalue weighted by Crippen LogP contribution is -2.54. The van der Waals surface area contributed by atoms with Crippen LogP contribution in [0.25, 0.3) is 0 Å². The normalized spacial score (nSPS) is 21.2. The van der Waals surface area contributed by atoms with Gasteiger partial charge < -0.3 is 14.4 Å². The fraction of sp³-hybridized carbons (Fsp3) is 0.533. The molecule has 1 aromatic rings. The fourth-order valence-electron chi connectivity index (χ4n) is 2.47. The zero-order chi connectivity index (χ0) is 15.6. The monoisotopic (exact) mass is 331 g/mol. The van der Waals surface area contributed by atoms with Gasteiger partial charge in [0.25, 0.3) is 5.91 Å². The van der Waals surface area contributed by atoms with Gasteiger partial charge in [-0.15, -0.1) is 0 Å². The zero-order valence-corrected chi connectivity index (χ0v) is 13.9. The third-order valence-electron chi connectivity index (χ3n) is 3.17. The van der Waals surface area contributed by atoms with Crippen LogP contribution < -0.4 is 4.74 Å². The zero-order valence-electron chi connectivity index (χ0n) is 12.4. The van der Waals surface area contributed by atoms with E-state index in [1.807, 2.05) is 20.8 Å². The smallest absolute Gasteiger partial charge is 0.260 e. The predicted octanol–water partition coefficient (Wildman–Crippen LogP) is 3.40. The second-order valence-electron chi connectivity index (χ2n) is 5.83. The first-order chi connectivity index (χ1) is 9.77. The molecule has 2 rings (SSSR count). The van der Waals surface area contributed by atoms with Gasteiger partial charge in [0.1, 0.15) is 5.75 Å². The third-order valence-corrected chi connectivity index (χ3v) is 3.70. The second-order valence-corrected chi connectivity index (χ2v) is 6.67. The number of hydrogen-bond donors (Lipinski definition) is 0. The van der Waals surface area contributed by atoms with Crippen molar-refractivity contribution in [2.45, 2.75) is 32.5 Å². The molecular weight excluding hydrogens is 313 g/mol. The number of halogens is 2. The Balaban J connectivity index is 1.95. The van der Waals surface area contributed by atoms with Gasteiger partial charge >= 0.3 is 0 Å². The Hall–Kier alpha value is -0.970. The van der Waals surface area contributed by atoms with Gasteiger partial charge in [-0.1, -0.05) is 23.2 Å². The van der Waals surface area contributed by atoms with E-state index in [4.69, 9.17) is 32.7 Å². The van der Waals surface area contributed by atoms with Crippen LogP contribution in [-0.4, -0.2) is 42.2 Å². The minimum absolute atomic E-state index is 0.0109. The topological polar surface area (TPSA) is 38.8 Å². The molecule has 1 saturated heterocycles. The predicted molar refractivity (Wildman–Crippen MR) is 83.2 cm³/mol. The number of carbonyl (C=O) groups is 1. The van der Waals surface area contributed by atoms with E-state index in [1.54, 1.807) is 23.1 Å². The van der Waals surface area contributed by atoms with Crippen molar-refractivity contribution in [3.8, 4) is 5.75 Å². The van der Waals surface area contributed by atoms with Crippen LogP contribution in [0.15, 0.2) is 18.2 Å². The van der Waals surface area contributed by atoms with Gasteiger partial charge in [-0.2, -0.15) is 0 Å². The van der Waals surface area contributed by atoms with Crippen LogP contribution in [0.4, 0.5) is 0 Å². The Morgan fingerprint density at radius 1 is 1.48 bits per heavy atom. The number of benzene rings is 1. The average Bonchev–Trinajstić information content (AvgIpc) is 2.35. The summed E-state index contributed by atoms with van der Waals surface area (Å²) in [5.41, 5.74) is -0.342. The van der Waals surface area contributed by atoms with Crippen LogP contribution >= 0.6 is 23.2 Å². The summed E-state index contributed by atoms with van der Waals surface area (Å²) in [6.07, 6.45) is 0.0109. The molecule has 0 aromatic heterocycles. The van der Waals surface area contributed by atoms with Crippen molar-refractivity contribution in [1.29, 1.82) is 0 Å². The number of carbonyl (C=O) groups excluding carboxylic acids is 1. The maximum Gasteiger partial charge on any atom is 0.260 e. The van der Waals surface area contributed by atoms with Crippen molar-refractivity contribution >= 4 is 29.1 Å². The fourth-order valence-corrected chi connectivity index (χ4v) is 2.93. The molecule has 6 heteroatoms. The molecule has 4 nitrogen and oxygen atoms in total. The van der Waals surface area contributed by atoms with Gasteiger partial charge in [-0.25, -0.2) is 0 Å². The number of hydrogen-bond acceptors (Lipinski definition) is 3. The highest BCUT2D eigenvalue weighted by Gasteiger charge is 2.33. The van der Waals surface area contributed by atoms with Crippen molar-refractivity contribution in [2.75, 3.05) is 19.7 Å². The Morgan fingerprint density at radius 2 is 2.19 bits per heavy atom. The van der Waals surface area contributed by atoms with Gasteiger partial charge in [0.2, 0.25) is 0 Å². The molecule has 1 atom stereocenters. The summed E-state index contributed by atoms with van der Waals surface area (Å²) in [5.74, 6) is 0.374. The summed E-state index contributed by atoms with van der Waals surface area (Å²) in [5, 5.41) is 0.924. The molecule has 1 heterocycles. The molecule has 0 saturated carbocycles. The Labute approximate surface area is 134 Å². The molecule has 0 bridgehead atoms. The lowest BCUT2D eigenvalue weighted by atomic mass is 10.1. The largest absolute Gasteiger partial charge is 0.482 e. The molecule has 0 radical (unpaired) electrons. The van der Waals surface area contributed by atoms with Gasteiger partial charge in [-0.3, -0.25) is 4.79 Å². The summed E-state index contributed by atoms with van der Waals surface area (Å²) in [4.78, 5) is 14.0. The molecule has 0 aliphatic carbocycles. The highest BCUT2D eigenvalue weighted by Crippen LogP contribution is 2.27. The van der Waals surface area contributed by atoms with E-state index < -0.39 is 0 Å². The SMILES string of the molecule is C[C@@H]1CN(C(=O)COc2ccc(Cl)cc2Cl)CC(C)(C)O1. The van der Waals surface area contributed by atoms with Crippen molar-refractivity contribution in [1.82, 2.24) is 4.90 Å². The first-order valence-electron chi connectivity index (χ1n) is 6.80. The Kier molecular flexibility index (Phi) is 5.02. The second kappa shape index (κ2) is 6.42. The maximum absolute atomic E-state index is 12.3. The first-order valence-corrected chi connectivity index (χ1v) is 7.56. The third kappa shape index (κ3) is 4.50. The lowest BCUT2D eigenvalue weighted by molar-refractivity contribution is -0.159. The highest BCUT2D eigenvalue weighted by molar-refractivity contribution is 6.35. The van der Waals surface area contributed by atoms with E-state index in [0.717, 1.165) is 0 Å². The number of amides is 1. The highest BCUT2D eigenvalue weighted by atomic mass is 35.5. The number of rotatable bonds is 3. The lowest BCUT2D eigenvalue weighted by Gasteiger charge is -2.41. The Bertz CT molecular complexity index is 534. The number of ether oxygens (including phenoxy) is 2. The molecule has 1 aromatic carbocycles. The molecule has 1 aliphatic rings. The van der Waals surface area contributed by atoms with E-state index in [-0.39, 0.29) is 24.2 Å². The summed E-state index contributed by atoms with van der Waals surface area (Å²) in [6.45, 7) is 6.97. The number of nitrogens with zero attached hydrogens (tertiary/aromatic N) is 1. The summed E-state index contributed by atoms with van der Waals surface area (Å²) in [6, 6.07) is 4.92. The molecule has 21 heavy (non-hydrogen) atoms. The molecular formula is C15H19Cl2NO3. The van der Waals surface area contributed by atoms with Crippen LogP contribution in [0.5, 0.6) is 5.75 Å². The van der Waals surface area contributed by atoms with Crippen molar-refractivity contribution in [3.63, 3.8) is 0 Å². The van der Waals surface area contributed by atoms with E-state index in [0.29, 0.717) is 28.9 Å². The Morgan fingerprint density at radius 3 is 2.81 bits per heavy atom. The summed E-state index contributed by atoms with van der Waals surface area (Å²) >= 11 is 11.8. The quantitative estimate of drug-likeness (QED) is 0.852. The average molecular weight is 332 g/mol. The van der Waals surface area contributed by atoms with Crippen LogP contribution in [0.3, 0.4) is 0 Å². The molecule has 1 amide bonds.